The van der Waals surface area contributed by atoms with Crippen molar-refractivity contribution in [3.05, 3.63) is 59.7 Å². The number of nitrogens with one attached hydrogen (secondary N) is 1. The summed E-state index contributed by atoms with van der Waals surface area (Å²) in [6.45, 7) is 5.13. The maximum atomic E-state index is 12.7. The van der Waals surface area contributed by atoms with Gasteiger partial charge in [0.25, 0.3) is 0 Å². The average molecular weight is 460 g/mol. The van der Waals surface area contributed by atoms with Crippen molar-refractivity contribution in [2.75, 3.05) is 7.11 Å². The van der Waals surface area contributed by atoms with Gasteiger partial charge in [0, 0.05) is 12.5 Å². The number of aromatic nitrogens is 1. The molecule has 0 saturated heterocycles. The van der Waals surface area contributed by atoms with E-state index in [4.69, 9.17) is 13.9 Å². The van der Waals surface area contributed by atoms with Crippen LogP contribution in [0.4, 0.5) is 9.18 Å². The third kappa shape index (κ3) is 7.91. The number of oxazole rings is 1. The molecule has 1 atom stereocenters. The lowest BCUT2D eigenvalue weighted by Crippen LogP contribution is -2.44. The largest absolute Gasteiger partial charge is 0.497 e. The predicted molar refractivity (Wildman–Crippen MR) is 117 cm³/mol. The van der Waals surface area contributed by atoms with Crippen LogP contribution in [0.2, 0.25) is 0 Å². The zero-order chi connectivity index (χ0) is 24.6. The highest BCUT2D eigenvalue weighted by molar-refractivity contribution is 5.81. The summed E-state index contributed by atoms with van der Waals surface area (Å²) in [6.07, 6.45) is 1.15. The van der Waals surface area contributed by atoms with E-state index in [0.29, 0.717) is 23.1 Å². The lowest BCUT2D eigenvalue weighted by molar-refractivity contribution is -0.139. The van der Waals surface area contributed by atoms with Crippen molar-refractivity contribution >= 4 is 29.4 Å². The molecule has 2 N–H and O–H groups in total. The van der Waals surface area contributed by atoms with Gasteiger partial charge in [-0.15, -0.1) is 0 Å². The smallest absolute Gasteiger partial charge is 0.408 e. The Morgan fingerprint density at radius 1 is 1.24 bits per heavy atom. The summed E-state index contributed by atoms with van der Waals surface area (Å²) in [5.74, 6) is -1.28. The molecule has 9 nitrogen and oxygen atoms in total. The zero-order valence-corrected chi connectivity index (χ0v) is 18.6. The van der Waals surface area contributed by atoms with Crippen molar-refractivity contribution < 1.29 is 37.8 Å². The van der Waals surface area contributed by atoms with E-state index in [1.54, 1.807) is 39.0 Å². The normalized spacial score (nSPS) is 11.7. The summed E-state index contributed by atoms with van der Waals surface area (Å²) < 4.78 is 27.7. The lowest BCUT2D eigenvalue weighted by Gasteiger charge is -2.22. The molecule has 1 amide bonds. The summed E-state index contributed by atoms with van der Waals surface area (Å²) in [4.78, 5) is 37.2. The van der Waals surface area contributed by atoms with E-state index in [0.717, 1.165) is 5.56 Å². The van der Waals surface area contributed by atoms with E-state index < -0.39 is 29.5 Å². The Morgan fingerprint density at radius 3 is 2.55 bits per heavy atom. The Bertz CT molecular complexity index is 1120. The van der Waals surface area contributed by atoms with Crippen molar-refractivity contribution in [3.63, 3.8) is 0 Å². The number of fused-ring (bicyclic) bond motifs is 1. The fourth-order valence-electron chi connectivity index (χ4n) is 2.65. The van der Waals surface area contributed by atoms with E-state index in [2.05, 4.69) is 10.3 Å². The van der Waals surface area contributed by atoms with Crippen LogP contribution in [-0.2, 0) is 16.0 Å². The van der Waals surface area contributed by atoms with Crippen molar-refractivity contribution in [3.8, 4) is 5.75 Å². The van der Waals surface area contributed by atoms with E-state index in [-0.39, 0.29) is 12.0 Å². The molecule has 176 valence electrons. The van der Waals surface area contributed by atoms with Gasteiger partial charge in [-0.05, 0) is 50.6 Å². The summed E-state index contributed by atoms with van der Waals surface area (Å²) >= 11 is 0. The molecule has 0 radical (unpaired) electrons. The first-order valence-electron chi connectivity index (χ1n) is 9.85. The molecule has 1 heterocycles. The minimum absolute atomic E-state index is 0.0470. The second kappa shape index (κ2) is 11.1. The maximum Gasteiger partial charge on any atom is 0.408 e. The monoisotopic (exact) mass is 460 g/mol. The van der Waals surface area contributed by atoms with E-state index in [9.17, 15) is 23.9 Å². The maximum absolute atomic E-state index is 12.7. The molecule has 0 unspecified atom stereocenters. The Labute approximate surface area is 189 Å². The van der Waals surface area contributed by atoms with E-state index in [1.165, 1.54) is 31.7 Å². The summed E-state index contributed by atoms with van der Waals surface area (Å²) in [6, 6.07) is 8.17. The SMILES string of the molecule is CC(C)(C)OC(=O)N[C@@H](Cc1ccc2ocnc2c1)C(=O)O.COc1ccc(C=O)c(F)c1. The van der Waals surface area contributed by atoms with E-state index >= 15 is 0 Å². The number of aldehydes is 1. The molecule has 0 bridgehead atoms. The third-order valence-electron chi connectivity index (χ3n) is 4.16. The van der Waals surface area contributed by atoms with Crippen molar-refractivity contribution in [1.82, 2.24) is 10.3 Å². The third-order valence-corrected chi connectivity index (χ3v) is 4.16. The van der Waals surface area contributed by atoms with Crippen LogP contribution in [0.1, 0.15) is 36.7 Å². The van der Waals surface area contributed by atoms with Gasteiger partial charge in [0.15, 0.2) is 18.3 Å². The lowest BCUT2D eigenvalue weighted by atomic mass is 10.1. The van der Waals surface area contributed by atoms with Crippen LogP contribution in [0.15, 0.2) is 47.2 Å². The number of ether oxygens (including phenoxy) is 2. The second-order valence-electron chi connectivity index (χ2n) is 7.90. The Balaban J connectivity index is 0.000000294. The molecule has 3 rings (SSSR count). The minimum atomic E-state index is -1.13. The summed E-state index contributed by atoms with van der Waals surface area (Å²) in [5, 5.41) is 11.6. The number of aliphatic carboxylic acids is 1. The number of nitrogens with zero attached hydrogens (tertiary/aromatic N) is 1. The number of benzene rings is 2. The van der Waals surface area contributed by atoms with E-state index in [1.807, 2.05) is 0 Å². The number of carbonyl (C=O) groups excluding carboxylic acids is 2. The topological polar surface area (TPSA) is 128 Å². The highest BCUT2D eigenvalue weighted by Gasteiger charge is 2.24. The fraction of sp³-hybridized carbons (Fsp3) is 0.304. The second-order valence-corrected chi connectivity index (χ2v) is 7.90. The first-order chi connectivity index (χ1) is 15.5. The first kappa shape index (κ1) is 25.3. The van der Waals surface area contributed by atoms with Crippen LogP contribution in [0, 0.1) is 5.82 Å². The summed E-state index contributed by atoms with van der Waals surface area (Å²) in [5.41, 5.74) is 1.34. The van der Waals surface area contributed by atoms with Gasteiger partial charge in [0.05, 0.1) is 12.7 Å². The van der Waals surface area contributed by atoms with Crippen LogP contribution in [0.3, 0.4) is 0 Å². The molecule has 33 heavy (non-hydrogen) atoms. The van der Waals surface area contributed by atoms with Crippen molar-refractivity contribution in [1.29, 1.82) is 0 Å². The van der Waals surface area contributed by atoms with Gasteiger partial charge >= 0.3 is 12.1 Å². The van der Waals surface area contributed by atoms with Gasteiger partial charge in [-0.3, -0.25) is 4.79 Å². The number of halogens is 1. The van der Waals surface area contributed by atoms with Gasteiger partial charge in [-0.1, -0.05) is 6.07 Å². The standard InChI is InChI=1S/C15H18N2O5.C8H7FO2/c1-15(2,3)22-14(20)17-11(13(18)19)7-9-4-5-12-10(6-9)16-8-21-12;1-11-7-3-2-6(5-10)8(9)4-7/h4-6,8,11H,7H2,1-3H3,(H,17,20)(H,18,19);2-5H,1H3/t11-;/m0./s1. The zero-order valence-electron chi connectivity index (χ0n) is 18.6. The van der Waals surface area contributed by atoms with Gasteiger partial charge < -0.3 is 24.3 Å². The fourth-order valence-corrected chi connectivity index (χ4v) is 2.65. The molecule has 0 aliphatic heterocycles. The molecule has 1 aromatic heterocycles. The van der Waals surface area contributed by atoms with Gasteiger partial charge in [0.2, 0.25) is 0 Å². The molecule has 10 heteroatoms. The molecular weight excluding hydrogens is 435 g/mol. The number of rotatable bonds is 6. The van der Waals surface area contributed by atoms with Crippen LogP contribution in [0.5, 0.6) is 5.75 Å². The Morgan fingerprint density at radius 2 is 1.97 bits per heavy atom. The first-order valence-corrected chi connectivity index (χ1v) is 9.85. The molecule has 0 aliphatic rings. The molecule has 2 aromatic carbocycles. The predicted octanol–water partition coefficient (Wildman–Crippen LogP) is 4.00. The molecule has 3 aromatic rings. The number of hydrogen-bond acceptors (Lipinski definition) is 7. The highest BCUT2D eigenvalue weighted by atomic mass is 19.1. The number of methoxy groups -OCH3 is 1. The highest BCUT2D eigenvalue weighted by Crippen LogP contribution is 2.16. The number of amides is 1. The minimum Gasteiger partial charge on any atom is -0.497 e. The molecule has 0 fully saturated rings. The number of alkyl carbamates (subject to hydrolysis) is 1. The van der Waals surface area contributed by atoms with Crippen LogP contribution in [0.25, 0.3) is 11.1 Å². The number of hydrogen-bond donors (Lipinski definition) is 2. The molecular formula is C23H25FN2O7. The summed E-state index contributed by atoms with van der Waals surface area (Å²) in [7, 11) is 1.44. The van der Waals surface area contributed by atoms with Crippen molar-refractivity contribution in [2.24, 2.45) is 0 Å². The van der Waals surface area contributed by atoms with Crippen LogP contribution >= 0.6 is 0 Å². The van der Waals surface area contributed by atoms with Gasteiger partial charge in [0.1, 0.15) is 28.7 Å². The Hall–Kier alpha value is -3.95. The van der Waals surface area contributed by atoms with Gasteiger partial charge in [-0.2, -0.15) is 0 Å². The molecule has 0 saturated carbocycles. The Kier molecular flexibility index (Phi) is 8.49. The molecule has 0 spiro atoms. The average Bonchev–Trinajstić information content (AvgIpc) is 3.20. The van der Waals surface area contributed by atoms with Crippen LogP contribution in [-0.4, -0.2) is 47.2 Å². The quantitative estimate of drug-likeness (QED) is 0.529. The van der Waals surface area contributed by atoms with Crippen molar-refractivity contribution in [2.45, 2.75) is 38.8 Å². The number of carbonyl (C=O) groups is 3. The van der Waals surface area contributed by atoms with Gasteiger partial charge in [-0.25, -0.2) is 19.0 Å². The number of carboxylic acid groups (broad SMARTS) is 1. The number of carboxylic acids is 1. The van der Waals surface area contributed by atoms with Crippen LogP contribution < -0.4 is 10.1 Å². The molecule has 0 aliphatic carbocycles.